The number of nitrogens with two attached hydrogens (primary N) is 1. The summed E-state index contributed by atoms with van der Waals surface area (Å²) >= 11 is 0. The minimum absolute atomic E-state index is 0.263. The number of nitrogens with one attached hydrogen (secondary N) is 1. The first-order chi connectivity index (χ1) is 8.16. The zero-order chi connectivity index (χ0) is 12.3. The third-order valence-electron chi connectivity index (χ3n) is 2.26. The largest absolute Gasteiger partial charge is 0.397 e. The Balaban J connectivity index is 2.23. The summed E-state index contributed by atoms with van der Waals surface area (Å²) in [7, 11) is 0. The van der Waals surface area contributed by atoms with Crippen LogP contribution in [0.25, 0.3) is 0 Å². The minimum Gasteiger partial charge on any atom is -0.397 e. The van der Waals surface area contributed by atoms with Gasteiger partial charge < -0.3 is 11.1 Å². The van der Waals surface area contributed by atoms with Crippen LogP contribution in [0.5, 0.6) is 0 Å². The first-order valence-electron chi connectivity index (χ1n) is 5.11. The lowest BCUT2D eigenvalue weighted by atomic mass is 10.2. The van der Waals surface area contributed by atoms with E-state index in [9.17, 15) is 4.79 Å². The molecule has 2 rings (SSSR count). The van der Waals surface area contributed by atoms with E-state index in [-0.39, 0.29) is 5.91 Å². The van der Waals surface area contributed by atoms with Gasteiger partial charge in [0.1, 0.15) is 5.82 Å². The van der Waals surface area contributed by atoms with Crippen molar-refractivity contribution in [2.24, 2.45) is 0 Å². The van der Waals surface area contributed by atoms with Gasteiger partial charge in [0.15, 0.2) is 0 Å². The number of hydrogen-bond acceptors (Lipinski definition) is 4. The predicted octanol–water partition coefficient (Wildman–Crippen LogP) is 1.62. The second kappa shape index (κ2) is 4.61. The molecule has 5 nitrogen and oxygen atoms in total. The molecular weight excluding hydrogens is 216 g/mol. The molecule has 2 aromatic rings. The van der Waals surface area contributed by atoms with Crippen LogP contribution in [0.2, 0.25) is 0 Å². The number of carbonyl (C=O) groups excluding carboxylic acids is 1. The van der Waals surface area contributed by atoms with Crippen molar-refractivity contribution >= 4 is 17.4 Å². The van der Waals surface area contributed by atoms with Crippen LogP contribution in [0.1, 0.15) is 16.1 Å². The monoisotopic (exact) mass is 228 g/mol. The highest BCUT2D eigenvalue weighted by molar-refractivity contribution is 6.04. The van der Waals surface area contributed by atoms with Gasteiger partial charge in [-0.25, -0.2) is 4.98 Å². The number of nitrogen functional groups attached to an aromatic ring is 1. The summed E-state index contributed by atoms with van der Waals surface area (Å²) in [4.78, 5) is 20.0. The molecule has 5 heteroatoms. The first-order valence-corrected chi connectivity index (χ1v) is 5.11. The normalized spacial score (nSPS) is 9.94. The topological polar surface area (TPSA) is 80.9 Å². The van der Waals surface area contributed by atoms with Gasteiger partial charge in [-0.15, -0.1) is 0 Å². The van der Waals surface area contributed by atoms with Gasteiger partial charge >= 0.3 is 0 Å². The maximum absolute atomic E-state index is 11.9. The summed E-state index contributed by atoms with van der Waals surface area (Å²) < 4.78 is 0. The standard InChI is InChI=1S/C12H12N4O/c1-8-10(6-9(13)7-15-8)12(17)16-11-4-2-3-5-14-11/h2-7H,13H2,1H3,(H,14,16,17). The highest BCUT2D eigenvalue weighted by Crippen LogP contribution is 2.11. The van der Waals surface area contributed by atoms with Crippen molar-refractivity contribution in [1.82, 2.24) is 9.97 Å². The van der Waals surface area contributed by atoms with Crippen LogP contribution < -0.4 is 11.1 Å². The highest BCUT2D eigenvalue weighted by Gasteiger charge is 2.10. The van der Waals surface area contributed by atoms with Gasteiger partial charge in [0.05, 0.1) is 23.1 Å². The van der Waals surface area contributed by atoms with E-state index in [1.807, 2.05) is 0 Å². The van der Waals surface area contributed by atoms with Crippen molar-refractivity contribution in [3.8, 4) is 0 Å². The maximum Gasteiger partial charge on any atom is 0.258 e. The average molecular weight is 228 g/mol. The number of rotatable bonds is 2. The molecule has 0 aliphatic rings. The molecule has 0 radical (unpaired) electrons. The zero-order valence-electron chi connectivity index (χ0n) is 9.34. The molecule has 0 saturated carbocycles. The summed E-state index contributed by atoms with van der Waals surface area (Å²) in [5.41, 5.74) is 7.15. The third kappa shape index (κ3) is 2.57. The molecule has 17 heavy (non-hydrogen) atoms. The number of anilines is 2. The fourth-order valence-corrected chi connectivity index (χ4v) is 1.40. The molecule has 0 aliphatic heterocycles. The smallest absolute Gasteiger partial charge is 0.258 e. The van der Waals surface area contributed by atoms with Crippen LogP contribution >= 0.6 is 0 Å². The van der Waals surface area contributed by atoms with Crippen molar-refractivity contribution in [2.45, 2.75) is 6.92 Å². The lowest BCUT2D eigenvalue weighted by Gasteiger charge is -2.06. The van der Waals surface area contributed by atoms with E-state index in [1.54, 1.807) is 37.4 Å². The fraction of sp³-hybridized carbons (Fsp3) is 0.0833. The second-order valence-corrected chi connectivity index (χ2v) is 3.57. The summed E-state index contributed by atoms with van der Waals surface area (Å²) in [6.45, 7) is 1.76. The first kappa shape index (κ1) is 11.1. The van der Waals surface area contributed by atoms with Crippen molar-refractivity contribution in [3.05, 3.63) is 47.9 Å². The number of carbonyl (C=O) groups is 1. The van der Waals surface area contributed by atoms with Gasteiger partial charge in [0.25, 0.3) is 5.91 Å². The third-order valence-corrected chi connectivity index (χ3v) is 2.26. The molecule has 3 N–H and O–H groups in total. The van der Waals surface area contributed by atoms with E-state index in [0.29, 0.717) is 22.8 Å². The second-order valence-electron chi connectivity index (χ2n) is 3.57. The molecule has 0 saturated heterocycles. The van der Waals surface area contributed by atoms with E-state index in [4.69, 9.17) is 5.73 Å². The molecular formula is C12H12N4O. The Morgan fingerprint density at radius 1 is 1.35 bits per heavy atom. The Labute approximate surface area is 98.7 Å². The van der Waals surface area contributed by atoms with Crippen LogP contribution in [0, 0.1) is 6.92 Å². The van der Waals surface area contributed by atoms with Crippen molar-refractivity contribution in [2.75, 3.05) is 11.1 Å². The average Bonchev–Trinajstić information content (AvgIpc) is 2.33. The molecule has 0 bridgehead atoms. The van der Waals surface area contributed by atoms with E-state index in [1.165, 1.54) is 6.20 Å². The van der Waals surface area contributed by atoms with Crippen LogP contribution in [0.15, 0.2) is 36.7 Å². The number of nitrogens with zero attached hydrogens (tertiary/aromatic N) is 2. The van der Waals surface area contributed by atoms with E-state index in [0.717, 1.165) is 0 Å². The molecule has 0 aromatic carbocycles. The molecule has 86 valence electrons. The van der Waals surface area contributed by atoms with Crippen molar-refractivity contribution < 1.29 is 4.79 Å². The quantitative estimate of drug-likeness (QED) is 0.818. The van der Waals surface area contributed by atoms with E-state index in [2.05, 4.69) is 15.3 Å². The Morgan fingerprint density at radius 2 is 2.18 bits per heavy atom. The summed E-state index contributed by atoms with van der Waals surface area (Å²) in [6.07, 6.45) is 3.13. The van der Waals surface area contributed by atoms with Gasteiger partial charge in [0, 0.05) is 6.20 Å². The van der Waals surface area contributed by atoms with Crippen LogP contribution in [0.4, 0.5) is 11.5 Å². The van der Waals surface area contributed by atoms with Crippen LogP contribution in [-0.2, 0) is 0 Å². The highest BCUT2D eigenvalue weighted by atomic mass is 16.1. The number of pyridine rings is 2. The van der Waals surface area contributed by atoms with Gasteiger partial charge in [-0.3, -0.25) is 9.78 Å². The summed E-state index contributed by atoms with van der Waals surface area (Å²) in [5, 5.41) is 2.68. The number of amides is 1. The molecule has 0 fully saturated rings. The van der Waals surface area contributed by atoms with Gasteiger partial charge in [0.2, 0.25) is 0 Å². The van der Waals surface area contributed by atoms with Gasteiger partial charge in [-0.1, -0.05) is 6.07 Å². The van der Waals surface area contributed by atoms with Crippen LogP contribution in [-0.4, -0.2) is 15.9 Å². The Kier molecular flexibility index (Phi) is 3.00. The molecule has 0 atom stereocenters. The molecule has 0 spiro atoms. The molecule has 2 aromatic heterocycles. The van der Waals surface area contributed by atoms with E-state index < -0.39 is 0 Å². The number of hydrogen-bond donors (Lipinski definition) is 2. The SMILES string of the molecule is Cc1ncc(N)cc1C(=O)Nc1ccccn1. The number of aromatic nitrogens is 2. The summed E-state index contributed by atoms with van der Waals surface area (Å²) in [5.74, 6) is 0.236. The minimum atomic E-state index is -0.263. The molecule has 0 unspecified atom stereocenters. The van der Waals surface area contributed by atoms with E-state index >= 15 is 0 Å². The van der Waals surface area contributed by atoms with Gasteiger partial charge in [-0.2, -0.15) is 0 Å². The maximum atomic E-state index is 11.9. The lowest BCUT2D eigenvalue weighted by molar-refractivity contribution is 0.102. The molecule has 0 aliphatic carbocycles. The van der Waals surface area contributed by atoms with Crippen molar-refractivity contribution in [3.63, 3.8) is 0 Å². The predicted molar refractivity (Wildman–Crippen MR) is 65.6 cm³/mol. The lowest BCUT2D eigenvalue weighted by Crippen LogP contribution is -2.15. The number of aryl methyl sites for hydroxylation is 1. The Hall–Kier alpha value is -2.43. The zero-order valence-corrected chi connectivity index (χ0v) is 9.34. The van der Waals surface area contributed by atoms with Crippen LogP contribution in [0.3, 0.4) is 0 Å². The summed E-state index contributed by atoms with van der Waals surface area (Å²) in [6, 6.07) is 6.89. The Morgan fingerprint density at radius 3 is 2.88 bits per heavy atom. The molecule has 2 heterocycles. The van der Waals surface area contributed by atoms with Gasteiger partial charge in [-0.05, 0) is 25.1 Å². The Bertz CT molecular complexity index is 539. The van der Waals surface area contributed by atoms with Crippen molar-refractivity contribution in [1.29, 1.82) is 0 Å². The fourth-order valence-electron chi connectivity index (χ4n) is 1.40. The molecule has 1 amide bonds.